The lowest BCUT2D eigenvalue weighted by Crippen LogP contribution is -2.34. The number of nitrogens with zero attached hydrogens (tertiary/aromatic N) is 3. The van der Waals surface area contributed by atoms with Crippen molar-refractivity contribution in [3.63, 3.8) is 0 Å². The van der Waals surface area contributed by atoms with Crippen LogP contribution in [-0.2, 0) is 0 Å². The van der Waals surface area contributed by atoms with Crippen LogP contribution in [0.3, 0.4) is 0 Å². The van der Waals surface area contributed by atoms with E-state index in [1.54, 1.807) is 10.7 Å². The Balaban J connectivity index is 1.93. The molecule has 5 heteroatoms. The summed E-state index contributed by atoms with van der Waals surface area (Å²) in [6, 6.07) is 2.19. The Bertz CT molecular complexity index is 642. The van der Waals surface area contributed by atoms with Gasteiger partial charge >= 0.3 is 0 Å². The number of imidazole rings is 1. The molecule has 0 saturated heterocycles. The topological polar surface area (TPSA) is 59.3 Å². The van der Waals surface area contributed by atoms with Crippen LogP contribution in [0.25, 0.3) is 5.65 Å². The summed E-state index contributed by atoms with van der Waals surface area (Å²) in [5, 5.41) is 7.41. The van der Waals surface area contributed by atoms with Gasteiger partial charge in [-0.1, -0.05) is 0 Å². The van der Waals surface area contributed by atoms with Crippen molar-refractivity contribution >= 4 is 11.6 Å². The molecule has 0 unspecified atom stereocenters. The first-order chi connectivity index (χ1) is 9.06. The van der Waals surface area contributed by atoms with Crippen LogP contribution in [0, 0.1) is 19.8 Å². The molecule has 1 aliphatic carbocycles. The van der Waals surface area contributed by atoms with Gasteiger partial charge in [0.15, 0.2) is 5.65 Å². The molecule has 19 heavy (non-hydrogen) atoms. The molecular weight excluding hydrogens is 240 g/mol. The predicted molar refractivity (Wildman–Crippen MR) is 72.1 cm³/mol. The summed E-state index contributed by atoms with van der Waals surface area (Å²) in [6.07, 6.45) is 4.03. The minimum Gasteiger partial charge on any atom is -0.348 e. The second-order valence-corrected chi connectivity index (χ2v) is 5.45. The minimum absolute atomic E-state index is 0.0931. The lowest BCUT2D eigenvalue weighted by molar-refractivity contribution is 0.0928. The molecule has 2 aromatic rings. The number of fused-ring (bicyclic) bond motifs is 1. The molecule has 0 aromatic carbocycles. The Hall–Kier alpha value is -1.91. The van der Waals surface area contributed by atoms with Gasteiger partial charge in [0.25, 0.3) is 5.91 Å². The van der Waals surface area contributed by atoms with Crippen molar-refractivity contribution in [1.82, 2.24) is 19.9 Å². The Morgan fingerprint density at radius 1 is 1.47 bits per heavy atom. The summed E-state index contributed by atoms with van der Waals surface area (Å²) in [5.74, 6) is 0.545. The molecule has 0 spiro atoms. The molecule has 1 amide bonds. The molecule has 1 N–H and O–H groups in total. The second-order valence-electron chi connectivity index (χ2n) is 5.45. The minimum atomic E-state index is -0.0931. The highest BCUT2D eigenvalue weighted by molar-refractivity contribution is 5.93. The average Bonchev–Trinajstić information content (AvgIpc) is 3.09. The highest BCUT2D eigenvalue weighted by Crippen LogP contribution is 2.32. The zero-order valence-electron chi connectivity index (χ0n) is 11.5. The van der Waals surface area contributed by atoms with Gasteiger partial charge in [-0.2, -0.15) is 5.10 Å². The van der Waals surface area contributed by atoms with E-state index in [0.29, 0.717) is 11.6 Å². The van der Waals surface area contributed by atoms with E-state index in [1.807, 2.05) is 19.9 Å². The Morgan fingerprint density at radius 2 is 2.21 bits per heavy atom. The van der Waals surface area contributed by atoms with E-state index in [0.717, 1.165) is 16.9 Å². The van der Waals surface area contributed by atoms with E-state index < -0.39 is 0 Å². The first-order valence-electron chi connectivity index (χ1n) is 6.69. The van der Waals surface area contributed by atoms with Gasteiger partial charge in [0.05, 0.1) is 11.9 Å². The lowest BCUT2D eigenvalue weighted by Gasteiger charge is -2.12. The number of hydrogen-bond acceptors (Lipinski definition) is 3. The summed E-state index contributed by atoms with van der Waals surface area (Å²) >= 11 is 0. The first-order valence-corrected chi connectivity index (χ1v) is 6.69. The van der Waals surface area contributed by atoms with Crippen molar-refractivity contribution in [1.29, 1.82) is 0 Å². The molecule has 2 aromatic heterocycles. The third-order valence-electron chi connectivity index (χ3n) is 3.69. The molecule has 1 aliphatic rings. The standard InChI is InChI=1S/C14H18N4O/c1-8-6-9(2)17-18-12(7-15-13(8)18)14(19)16-10(3)11-4-5-11/h6-7,10-11H,4-5H2,1-3H3,(H,16,19)/t10-/m0/s1. The van der Waals surface area contributed by atoms with Crippen LogP contribution < -0.4 is 5.32 Å². The molecule has 1 atom stereocenters. The SMILES string of the molecule is Cc1cc(C)c2ncc(C(=O)N[C@@H](C)C3CC3)n2n1. The van der Waals surface area contributed by atoms with E-state index in [9.17, 15) is 4.79 Å². The third-order valence-corrected chi connectivity index (χ3v) is 3.69. The second kappa shape index (κ2) is 4.33. The lowest BCUT2D eigenvalue weighted by atomic mass is 10.2. The fourth-order valence-electron chi connectivity index (χ4n) is 2.43. The summed E-state index contributed by atoms with van der Waals surface area (Å²) in [5.41, 5.74) is 3.17. The van der Waals surface area contributed by atoms with Gasteiger partial charge in [0, 0.05) is 6.04 Å². The largest absolute Gasteiger partial charge is 0.348 e. The zero-order chi connectivity index (χ0) is 13.6. The van der Waals surface area contributed by atoms with E-state index >= 15 is 0 Å². The number of aromatic nitrogens is 3. The maximum absolute atomic E-state index is 12.3. The number of amides is 1. The molecule has 0 radical (unpaired) electrons. The highest BCUT2D eigenvalue weighted by atomic mass is 16.2. The van der Waals surface area contributed by atoms with Crippen LogP contribution in [0.1, 0.15) is 41.5 Å². The van der Waals surface area contributed by atoms with Crippen molar-refractivity contribution in [2.24, 2.45) is 5.92 Å². The van der Waals surface area contributed by atoms with E-state index in [4.69, 9.17) is 0 Å². The van der Waals surface area contributed by atoms with E-state index in [1.165, 1.54) is 12.8 Å². The fraction of sp³-hybridized carbons (Fsp3) is 0.500. The summed E-state index contributed by atoms with van der Waals surface area (Å²) in [4.78, 5) is 16.6. The molecule has 100 valence electrons. The van der Waals surface area contributed by atoms with E-state index in [2.05, 4.69) is 22.3 Å². The maximum atomic E-state index is 12.3. The van der Waals surface area contributed by atoms with Gasteiger partial charge in [-0.05, 0) is 51.2 Å². The molecule has 0 aliphatic heterocycles. The van der Waals surface area contributed by atoms with Crippen LogP contribution >= 0.6 is 0 Å². The van der Waals surface area contributed by atoms with Crippen LogP contribution in [0.15, 0.2) is 12.3 Å². The number of rotatable bonds is 3. The molecule has 1 saturated carbocycles. The van der Waals surface area contributed by atoms with Crippen molar-refractivity contribution < 1.29 is 4.79 Å². The van der Waals surface area contributed by atoms with Crippen molar-refractivity contribution in [3.05, 3.63) is 29.2 Å². The maximum Gasteiger partial charge on any atom is 0.271 e. The number of nitrogens with one attached hydrogen (secondary N) is 1. The monoisotopic (exact) mass is 258 g/mol. The van der Waals surface area contributed by atoms with Crippen LogP contribution in [0.5, 0.6) is 0 Å². The average molecular weight is 258 g/mol. The molecule has 0 bridgehead atoms. The first kappa shape index (κ1) is 12.1. The molecule has 3 rings (SSSR count). The predicted octanol–water partition coefficient (Wildman–Crippen LogP) is 1.87. The van der Waals surface area contributed by atoms with Gasteiger partial charge in [-0.25, -0.2) is 9.50 Å². The van der Waals surface area contributed by atoms with Gasteiger partial charge in [-0.3, -0.25) is 4.79 Å². The normalized spacial score (nSPS) is 16.6. The van der Waals surface area contributed by atoms with Crippen LogP contribution in [0.4, 0.5) is 0 Å². The zero-order valence-corrected chi connectivity index (χ0v) is 11.5. The Morgan fingerprint density at radius 3 is 2.89 bits per heavy atom. The van der Waals surface area contributed by atoms with Crippen molar-refractivity contribution in [3.8, 4) is 0 Å². The van der Waals surface area contributed by atoms with Gasteiger partial charge in [0.1, 0.15) is 5.69 Å². The molecule has 2 heterocycles. The molecule has 1 fully saturated rings. The summed E-state index contributed by atoms with van der Waals surface area (Å²) in [6.45, 7) is 5.95. The Kier molecular flexibility index (Phi) is 2.77. The summed E-state index contributed by atoms with van der Waals surface area (Å²) < 4.78 is 1.64. The highest BCUT2D eigenvalue weighted by Gasteiger charge is 2.29. The van der Waals surface area contributed by atoms with E-state index in [-0.39, 0.29) is 11.9 Å². The molecule has 5 nitrogen and oxygen atoms in total. The number of hydrogen-bond donors (Lipinski definition) is 1. The fourth-order valence-corrected chi connectivity index (χ4v) is 2.43. The quantitative estimate of drug-likeness (QED) is 0.914. The van der Waals surface area contributed by atoms with Crippen molar-refractivity contribution in [2.75, 3.05) is 0 Å². The van der Waals surface area contributed by atoms with Gasteiger partial charge < -0.3 is 5.32 Å². The molecular formula is C14H18N4O. The third kappa shape index (κ3) is 2.20. The smallest absolute Gasteiger partial charge is 0.271 e. The van der Waals surface area contributed by atoms with Gasteiger partial charge in [0.2, 0.25) is 0 Å². The summed E-state index contributed by atoms with van der Waals surface area (Å²) in [7, 11) is 0. The van der Waals surface area contributed by atoms with Crippen LogP contribution in [0.2, 0.25) is 0 Å². The van der Waals surface area contributed by atoms with Crippen molar-refractivity contribution in [2.45, 2.75) is 39.7 Å². The Labute approximate surface area is 112 Å². The number of aryl methyl sites for hydroxylation is 2. The van der Waals surface area contributed by atoms with Gasteiger partial charge in [-0.15, -0.1) is 0 Å². The number of carbonyl (C=O) groups is 1. The van der Waals surface area contributed by atoms with Crippen LogP contribution in [-0.4, -0.2) is 26.5 Å². The number of carbonyl (C=O) groups excluding carboxylic acids is 1.